The van der Waals surface area contributed by atoms with Crippen LogP contribution in [0.1, 0.15) is 47.9 Å². The monoisotopic (exact) mass is 569 g/mol. The van der Waals surface area contributed by atoms with Crippen LogP contribution in [0.5, 0.6) is 0 Å². The van der Waals surface area contributed by atoms with Gasteiger partial charge in [-0.3, -0.25) is 9.59 Å². The number of hydrogen-bond donors (Lipinski definition) is 4. The van der Waals surface area contributed by atoms with E-state index in [9.17, 15) is 19.6 Å². The van der Waals surface area contributed by atoms with Crippen molar-refractivity contribution in [2.24, 2.45) is 5.73 Å². The number of carbonyl (C=O) groups excluding carboxylic acids is 1. The maximum atomic E-state index is 11.9. The Hall–Kier alpha value is -2.57. The van der Waals surface area contributed by atoms with Gasteiger partial charge in [-0.2, -0.15) is 0 Å². The Balaban J connectivity index is 0.000000246. The molecule has 0 spiro atoms. The van der Waals surface area contributed by atoms with Crippen LogP contribution in [0.15, 0.2) is 36.4 Å². The van der Waals surface area contributed by atoms with Gasteiger partial charge in [-0.1, -0.05) is 36.4 Å². The summed E-state index contributed by atoms with van der Waals surface area (Å²) in [6, 6.07) is 11.5. The fraction of sp³-hybridized carbons (Fsp3) is 0.517. The van der Waals surface area contributed by atoms with E-state index in [1.54, 1.807) is 0 Å². The van der Waals surface area contributed by atoms with Gasteiger partial charge in [0.25, 0.3) is 0 Å². The number of fused-ring (bicyclic) bond motifs is 2. The second-order valence-corrected chi connectivity index (χ2v) is 10.7. The van der Waals surface area contributed by atoms with Crippen molar-refractivity contribution in [1.29, 1.82) is 0 Å². The van der Waals surface area contributed by atoms with Crippen molar-refractivity contribution < 1.29 is 34.1 Å². The number of hydrogen-bond acceptors (Lipinski definition) is 9. The molecule has 0 bridgehead atoms. The van der Waals surface area contributed by atoms with E-state index in [1.165, 1.54) is 0 Å². The van der Waals surface area contributed by atoms with Gasteiger partial charge in [-0.25, -0.2) is 0 Å². The third-order valence-corrected chi connectivity index (χ3v) is 6.78. The fourth-order valence-electron chi connectivity index (χ4n) is 4.65. The molecule has 2 aromatic carbocycles. The number of carboxylic acid groups (broad SMARTS) is 1. The summed E-state index contributed by atoms with van der Waals surface area (Å²) in [5.74, 6) is -0.543. The number of rotatable bonds is 12. The van der Waals surface area contributed by atoms with Crippen LogP contribution >= 0.6 is 0 Å². The zero-order chi connectivity index (χ0) is 30.4. The molecule has 10 nitrogen and oxygen atoms in total. The van der Waals surface area contributed by atoms with Gasteiger partial charge in [0.1, 0.15) is 5.78 Å². The first-order valence-corrected chi connectivity index (χ1v) is 14.1. The summed E-state index contributed by atoms with van der Waals surface area (Å²) < 4.78 is 10.3. The van der Waals surface area contributed by atoms with Crippen LogP contribution in [0.3, 0.4) is 0 Å². The Morgan fingerprint density at radius 2 is 1.29 bits per heavy atom. The van der Waals surface area contributed by atoms with E-state index in [0.717, 1.165) is 59.2 Å². The van der Waals surface area contributed by atoms with Gasteiger partial charge in [0.05, 0.1) is 13.2 Å². The predicted molar refractivity (Wildman–Crippen MR) is 162 cm³/mol. The first kappa shape index (κ1) is 34.6. The molecule has 0 atom stereocenters. The third-order valence-electron chi connectivity index (χ3n) is 6.78. The maximum absolute atomic E-state index is 11.9. The van der Waals surface area contributed by atoms with E-state index >= 15 is 0 Å². The molecule has 0 aromatic heterocycles. The largest absolute Gasteiger partial charge is 0.492 e. The van der Waals surface area contributed by atoms with Gasteiger partial charge < -0.3 is 40.0 Å². The van der Waals surface area contributed by atoms with Crippen molar-refractivity contribution in [2.45, 2.75) is 51.7 Å². The Morgan fingerprint density at radius 3 is 1.71 bits per heavy atom. The summed E-state index contributed by atoms with van der Waals surface area (Å²) in [4.78, 5) is 26.5. The lowest BCUT2D eigenvalue weighted by Crippen LogP contribution is -2.31. The summed E-state index contributed by atoms with van der Waals surface area (Å²) in [6.45, 7) is 3.55. The van der Waals surface area contributed by atoms with Gasteiger partial charge in [-0.15, -0.1) is 0 Å². The molecule has 0 saturated heterocycles. The Bertz CT molecular complexity index is 1120. The molecule has 0 amide bonds. The second kappa shape index (κ2) is 18.1. The average Bonchev–Trinajstić information content (AvgIpc) is 3.50. The maximum Gasteiger partial charge on any atom is 0.492 e. The first-order valence-electron chi connectivity index (χ1n) is 14.1. The number of likely N-dealkylation sites (N-methyl/N-ethyl adjacent to an activating group) is 1. The molecule has 41 heavy (non-hydrogen) atoms. The predicted octanol–water partition coefficient (Wildman–Crippen LogP) is 0.176. The molecule has 0 unspecified atom stereocenters. The second-order valence-electron chi connectivity index (χ2n) is 10.7. The highest BCUT2D eigenvalue weighted by atomic mass is 16.5. The Morgan fingerprint density at radius 1 is 0.805 bits per heavy atom. The van der Waals surface area contributed by atoms with Crippen LogP contribution in [-0.2, 0) is 45.0 Å². The van der Waals surface area contributed by atoms with Crippen LogP contribution in [0.2, 0.25) is 0 Å². The fourth-order valence-corrected chi connectivity index (χ4v) is 4.65. The SMILES string of the molecule is CN(C)CCCC(=O)CCc1cccc2c1B(O)OC2.CN(C)CCN.O=C(O)CCc1cccc2c1B(O)OC2. The topological polar surface area (TPSA) is 146 Å². The van der Waals surface area contributed by atoms with Gasteiger partial charge >= 0.3 is 20.2 Å². The van der Waals surface area contributed by atoms with Crippen LogP contribution in [0.25, 0.3) is 0 Å². The lowest BCUT2D eigenvalue weighted by atomic mass is 9.75. The molecule has 4 rings (SSSR count). The van der Waals surface area contributed by atoms with E-state index < -0.39 is 20.2 Å². The Labute approximate surface area is 244 Å². The van der Waals surface area contributed by atoms with Crippen molar-refractivity contribution >= 4 is 36.9 Å². The van der Waals surface area contributed by atoms with E-state index in [1.807, 2.05) is 64.6 Å². The standard InChI is InChI=1S/C15H22BNO3.C10H11BO4.C4H12N2/c1-17(2)10-4-7-14(18)9-8-12-5-3-6-13-11-20-16(19)15(12)13;12-9(13)5-4-7-2-1-3-8-6-15-11(14)10(7)8;1-6(2)4-3-5/h3,5-6,19H,4,7-11H2,1-2H3;1-3,14H,4-6H2,(H,12,13);3-5H2,1-2H3. The molecule has 0 aliphatic carbocycles. The van der Waals surface area contributed by atoms with Crippen LogP contribution in [-0.4, -0.2) is 98.8 Å². The lowest BCUT2D eigenvalue weighted by Gasteiger charge is -2.09. The summed E-state index contributed by atoms with van der Waals surface area (Å²) in [7, 11) is 6.31. The quantitative estimate of drug-likeness (QED) is 0.261. The molecule has 12 heteroatoms. The summed E-state index contributed by atoms with van der Waals surface area (Å²) in [6.07, 6.45) is 3.26. The van der Waals surface area contributed by atoms with Gasteiger partial charge in [0.15, 0.2) is 0 Å². The summed E-state index contributed by atoms with van der Waals surface area (Å²) in [5, 5.41) is 28.0. The molecule has 0 fully saturated rings. The van der Waals surface area contributed by atoms with Crippen LogP contribution < -0.4 is 16.7 Å². The zero-order valence-electron chi connectivity index (χ0n) is 24.8. The lowest BCUT2D eigenvalue weighted by molar-refractivity contribution is -0.137. The average molecular weight is 569 g/mol. The number of carboxylic acids is 1. The Kier molecular flexibility index (Phi) is 15.3. The minimum atomic E-state index is -0.898. The van der Waals surface area contributed by atoms with E-state index in [2.05, 4.69) is 9.80 Å². The third kappa shape index (κ3) is 12.1. The molecule has 2 aliphatic rings. The highest BCUT2D eigenvalue weighted by molar-refractivity contribution is 6.62. The van der Waals surface area contributed by atoms with Crippen molar-refractivity contribution in [3.05, 3.63) is 58.7 Å². The molecular formula is C29H45B2N3O7. The molecular weight excluding hydrogens is 524 g/mol. The van der Waals surface area contributed by atoms with Crippen molar-refractivity contribution in [1.82, 2.24) is 9.80 Å². The zero-order valence-corrected chi connectivity index (χ0v) is 24.8. The van der Waals surface area contributed by atoms with Gasteiger partial charge in [0, 0.05) is 32.4 Å². The number of nitrogens with two attached hydrogens (primary N) is 1. The summed E-state index contributed by atoms with van der Waals surface area (Å²) in [5.41, 5.74) is 10.7. The normalized spacial score (nSPS) is 13.4. The number of nitrogens with zero attached hydrogens (tertiary/aromatic N) is 2. The van der Waals surface area contributed by atoms with E-state index in [0.29, 0.717) is 38.9 Å². The molecule has 5 N–H and O–H groups in total. The molecule has 224 valence electrons. The molecule has 2 heterocycles. The molecule has 0 radical (unpaired) electrons. The number of aliphatic carboxylic acids is 1. The molecule has 2 aliphatic heterocycles. The minimum absolute atomic E-state index is 0.0726. The number of Topliss-reactive ketones (excluding diaryl/α,β-unsaturated/α-hetero) is 1. The smallest absolute Gasteiger partial charge is 0.481 e. The number of benzene rings is 2. The van der Waals surface area contributed by atoms with Crippen molar-refractivity contribution in [3.63, 3.8) is 0 Å². The first-order chi connectivity index (χ1) is 19.5. The van der Waals surface area contributed by atoms with Crippen LogP contribution in [0.4, 0.5) is 0 Å². The van der Waals surface area contributed by atoms with Crippen molar-refractivity contribution in [3.8, 4) is 0 Å². The van der Waals surface area contributed by atoms with E-state index in [4.69, 9.17) is 20.1 Å². The van der Waals surface area contributed by atoms with E-state index in [-0.39, 0.29) is 12.2 Å². The number of aryl methyl sites for hydroxylation is 2. The van der Waals surface area contributed by atoms with Crippen LogP contribution in [0, 0.1) is 0 Å². The highest BCUT2D eigenvalue weighted by Gasteiger charge is 2.30. The minimum Gasteiger partial charge on any atom is -0.481 e. The summed E-state index contributed by atoms with van der Waals surface area (Å²) >= 11 is 0. The van der Waals surface area contributed by atoms with Gasteiger partial charge in [0.2, 0.25) is 0 Å². The highest BCUT2D eigenvalue weighted by Crippen LogP contribution is 2.15. The van der Waals surface area contributed by atoms with Gasteiger partial charge in [-0.05, 0) is 87.2 Å². The molecule has 2 aromatic rings. The number of carbonyl (C=O) groups is 2. The molecule has 0 saturated carbocycles. The number of ketones is 1. The van der Waals surface area contributed by atoms with Crippen molar-refractivity contribution in [2.75, 3.05) is 47.8 Å².